The fraction of sp³-hybridized carbons (Fsp3) is 0.263. The van der Waals surface area contributed by atoms with E-state index in [1.165, 1.54) is 46.9 Å². The molecule has 0 fully saturated rings. The maximum atomic E-state index is 12.5. The zero-order chi connectivity index (χ0) is 24.1. The van der Waals surface area contributed by atoms with Crippen molar-refractivity contribution in [3.05, 3.63) is 47.2 Å². The Labute approximate surface area is 203 Å². The van der Waals surface area contributed by atoms with E-state index in [0.717, 1.165) is 5.01 Å². The summed E-state index contributed by atoms with van der Waals surface area (Å²) in [5.74, 6) is 0.973. The number of benzene rings is 1. The zero-order valence-electron chi connectivity index (χ0n) is 18.1. The zero-order valence-corrected chi connectivity index (χ0v) is 20.6. The van der Waals surface area contributed by atoms with Crippen LogP contribution in [-0.2, 0) is 21.2 Å². The quantitative estimate of drug-likeness (QED) is 0.294. The summed E-state index contributed by atoms with van der Waals surface area (Å²) in [5, 5.41) is 24.9. The molecule has 4 aromatic rings. The van der Waals surface area contributed by atoms with Crippen LogP contribution in [0.4, 0.5) is 5.13 Å². The number of carbonyl (C=O) groups excluding carboxylic acids is 1. The number of nitrogens with one attached hydrogen (secondary N) is 2. The minimum atomic E-state index is -3.68. The highest BCUT2D eigenvalue weighted by atomic mass is 32.2. The van der Waals surface area contributed by atoms with Gasteiger partial charge in [0, 0.05) is 13.0 Å². The average molecular weight is 521 g/mol. The van der Waals surface area contributed by atoms with Gasteiger partial charge < -0.3 is 4.74 Å². The normalized spacial score (nSPS) is 11.6. The fourth-order valence-electron chi connectivity index (χ4n) is 2.83. The van der Waals surface area contributed by atoms with E-state index in [2.05, 4.69) is 35.5 Å². The fourth-order valence-corrected chi connectivity index (χ4v) is 5.12. The summed E-state index contributed by atoms with van der Waals surface area (Å²) >= 11 is 2.54. The molecule has 0 saturated carbocycles. The summed E-state index contributed by atoms with van der Waals surface area (Å²) < 4.78 is 34.1. The molecule has 0 unspecified atom stereocenters. The van der Waals surface area contributed by atoms with Crippen molar-refractivity contribution in [3.8, 4) is 5.75 Å². The number of fused-ring (bicyclic) bond motifs is 1. The number of aryl methyl sites for hydroxylation is 1. The average Bonchev–Trinajstić information content (AvgIpc) is 3.43. The van der Waals surface area contributed by atoms with Crippen molar-refractivity contribution >= 4 is 49.8 Å². The summed E-state index contributed by atoms with van der Waals surface area (Å²) in [6, 6.07) is 9.59. The predicted molar refractivity (Wildman–Crippen MR) is 127 cm³/mol. The van der Waals surface area contributed by atoms with Gasteiger partial charge >= 0.3 is 0 Å². The largest absolute Gasteiger partial charge is 0.497 e. The van der Waals surface area contributed by atoms with Crippen LogP contribution < -0.4 is 14.8 Å². The van der Waals surface area contributed by atoms with Crippen LogP contribution in [0.5, 0.6) is 5.75 Å². The van der Waals surface area contributed by atoms with Gasteiger partial charge in [-0.1, -0.05) is 23.1 Å². The molecule has 1 aromatic carbocycles. The Morgan fingerprint density at radius 1 is 1.12 bits per heavy atom. The van der Waals surface area contributed by atoms with Gasteiger partial charge in [-0.2, -0.15) is 9.61 Å². The monoisotopic (exact) mass is 520 g/mol. The first kappa shape index (κ1) is 24.0. The lowest BCUT2D eigenvalue weighted by Crippen LogP contribution is -2.26. The van der Waals surface area contributed by atoms with Crippen molar-refractivity contribution in [2.24, 2.45) is 0 Å². The molecule has 0 aliphatic rings. The first-order valence-electron chi connectivity index (χ1n) is 9.92. The van der Waals surface area contributed by atoms with Crippen molar-refractivity contribution in [2.75, 3.05) is 24.7 Å². The summed E-state index contributed by atoms with van der Waals surface area (Å²) in [5.41, 5.74) is 0.520. The van der Waals surface area contributed by atoms with Crippen molar-refractivity contribution in [3.63, 3.8) is 0 Å². The first-order chi connectivity index (χ1) is 16.3. The van der Waals surface area contributed by atoms with Gasteiger partial charge in [0.2, 0.25) is 21.1 Å². The molecule has 12 nitrogen and oxygen atoms in total. The Kier molecular flexibility index (Phi) is 7.35. The number of ether oxygens (including phenoxy) is 1. The Balaban J connectivity index is 1.35. The summed E-state index contributed by atoms with van der Waals surface area (Å²) in [4.78, 5) is 12.3. The van der Waals surface area contributed by atoms with Gasteiger partial charge in [-0.25, -0.2) is 13.1 Å². The van der Waals surface area contributed by atoms with Crippen molar-refractivity contribution in [1.29, 1.82) is 0 Å². The van der Waals surface area contributed by atoms with Gasteiger partial charge in [0.1, 0.15) is 15.8 Å². The highest BCUT2D eigenvalue weighted by molar-refractivity contribution is 7.99. The van der Waals surface area contributed by atoms with Gasteiger partial charge in [-0.05, 0) is 43.3 Å². The van der Waals surface area contributed by atoms with Gasteiger partial charge in [-0.15, -0.1) is 20.4 Å². The Morgan fingerprint density at radius 3 is 2.62 bits per heavy atom. The third kappa shape index (κ3) is 5.85. The third-order valence-electron chi connectivity index (χ3n) is 4.44. The van der Waals surface area contributed by atoms with Crippen LogP contribution in [0.15, 0.2) is 46.3 Å². The molecule has 3 aromatic heterocycles. The van der Waals surface area contributed by atoms with E-state index in [4.69, 9.17) is 4.74 Å². The van der Waals surface area contributed by atoms with Crippen molar-refractivity contribution in [2.45, 2.75) is 23.3 Å². The van der Waals surface area contributed by atoms with Crippen LogP contribution in [0, 0.1) is 6.92 Å². The summed E-state index contributed by atoms with van der Waals surface area (Å²) in [6.45, 7) is 1.92. The molecule has 4 rings (SSSR count). The Hall–Kier alpha value is -3.14. The molecule has 0 aliphatic heterocycles. The summed E-state index contributed by atoms with van der Waals surface area (Å²) in [7, 11) is -2.17. The van der Waals surface area contributed by atoms with Crippen LogP contribution in [0.25, 0.3) is 5.65 Å². The molecule has 0 atom stereocenters. The molecule has 0 bridgehead atoms. The number of carbonyl (C=O) groups is 1. The molecular weight excluding hydrogens is 500 g/mol. The van der Waals surface area contributed by atoms with Gasteiger partial charge in [-0.3, -0.25) is 10.1 Å². The van der Waals surface area contributed by atoms with E-state index in [1.54, 1.807) is 24.3 Å². The van der Waals surface area contributed by atoms with Crippen molar-refractivity contribution < 1.29 is 17.9 Å². The van der Waals surface area contributed by atoms with E-state index in [0.29, 0.717) is 27.4 Å². The maximum Gasteiger partial charge on any atom is 0.240 e. The van der Waals surface area contributed by atoms with Crippen molar-refractivity contribution in [1.82, 2.24) is 34.7 Å². The maximum absolute atomic E-state index is 12.5. The lowest BCUT2D eigenvalue weighted by atomic mass is 10.3. The highest BCUT2D eigenvalue weighted by Gasteiger charge is 2.15. The lowest BCUT2D eigenvalue weighted by Gasteiger charge is -2.07. The molecule has 178 valence electrons. The molecule has 15 heteroatoms. The Bertz CT molecular complexity index is 1400. The number of methoxy groups -OCH3 is 1. The number of sulfonamides is 1. The SMILES string of the molecule is COc1ccc(S(=O)(=O)NCCc2nnc3ccc(SCC(=O)Nc4nnc(C)s4)nn23)cc1. The summed E-state index contributed by atoms with van der Waals surface area (Å²) in [6.07, 6.45) is 0.272. The van der Waals surface area contributed by atoms with E-state index in [9.17, 15) is 13.2 Å². The first-order valence-corrected chi connectivity index (χ1v) is 13.2. The molecule has 0 radical (unpaired) electrons. The van der Waals surface area contributed by atoms with Gasteiger partial charge in [0.15, 0.2) is 11.5 Å². The molecule has 0 saturated heterocycles. The molecule has 3 heterocycles. The number of aromatic nitrogens is 6. The molecule has 1 amide bonds. The topological polar surface area (TPSA) is 153 Å². The molecule has 34 heavy (non-hydrogen) atoms. The van der Waals surface area contributed by atoms with Gasteiger partial charge in [0.25, 0.3) is 0 Å². The second kappa shape index (κ2) is 10.4. The van der Waals surface area contributed by atoms with Crippen LogP contribution >= 0.6 is 23.1 Å². The molecule has 0 aliphatic carbocycles. The van der Waals surface area contributed by atoms with Crippen LogP contribution in [-0.4, -0.2) is 63.7 Å². The number of thioether (sulfide) groups is 1. The third-order valence-corrected chi connectivity index (χ3v) is 7.59. The molecular formula is C19H20N8O4S3. The molecule has 0 spiro atoms. The number of hydrogen-bond acceptors (Lipinski definition) is 11. The number of rotatable bonds is 10. The highest BCUT2D eigenvalue weighted by Crippen LogP contribution is 2.19. The number of amides is 1. The van der Waals surface area contributed by atoms with Crippen LogP contribution in [0.3, 0.4) is 0 Å². The minimum Gasteiger partial charge on any atom is -0.497 e. The second-order valence-electron chi connectivity index (χ2n) is 6.84. The predicted octanol–water partition coefficient (Wildman–Crippen LogP) is 1.54. The van der Waals surface area contributed by atoms with E-state index in [1.807, 2.05) is 6.92 Å². The van der Waals surface area contributed by atoms with E-state index < -0.39 is 10.0 Å². The van der Waals surface area contributed by atoms with E-state index in [-0.39, 0.29) is 29.5 Å². The van der Waals surface area contributed by atoms with Gasteiger partial charge in [0.05, 0.1) is 17.8 Å². The van der Waals surface area contributed by atoms with E-state index >= 15 is 0 Å². The Morgan fingerprint density at radius 2 is 1.91 bits per heavy atom. The number of anilines is 1. The minimum absolute atomic E-state index is 0.109. The smallest absolute Gasteiger partial charge is 0.240 e. The second-order valence-corrected chi connectivity index (χ2v) is 10.8. The van der Waals surface area contributed by atoms with Crippen LogP contribution in [0.2, 0.25) is 0 Å². The number of hydrogen-bond donors (Lipinski definition) is 2. The number of nitrogens with zero attached hydrogens (tertiary/aromatic N) is 6. The standard InChI is InChI=1S/C19H20N8O4S3/c1-12-22-25-19(33-12)21-17(28)11-32-18-8-7-15-23-24-16(27(15)26-18)9-10-20-34(29,30)14-5-3-13(31-2)4-6-14/h3-8,20H,9-11H2,1-2H3,(H,21,25,28). The lowest BCUT2D eigenvalue weighted by molar-refractivity contribution is -0.113. The molecule has 2 N–H and O–H groups in total. The van der Waals surface area contributed by atoms with Crippen LogP contribution in [0.1, 0.15) is 10.8 Å².